The fourth-order valence-corrected chi connectivity index (χ4v) is 3.68. The number of hydrogen-bond acceptors (Lipinski definition) is 3. The Hall–Kier alpha value is -0.380. The van der Waals surface area contributed by atoms with Crippen molar-refractivity contribution in [2.45, 2.75) is 38.1 Å². The molecule has 96 valence electrons. The predicted octanol–water partition coefficient (Wildman–Crippen LogP) is 2.74. The van der Waals surface area contributed by atoms with Gasteiger partial charge in [0.05, 0.1) is 0 Å². The summed E-state index contributed by atoms with van der Waals surface area (Å²) in [5, 5.41) is 2.16. The van der Waals surface area contributed by atoms with Crippen LogP contribution < -0.4 is 5.73 Å². The molecule has 1 atom stereocenters. The molecule has 1 aromatic heterocycles. The molecule has 1 unspecified atom stereocenters. The van der Waals surface area contributed by atoms with Gasteiger partial charge in [-0.3, -0.25) is 0 Å². The first-order chi connectivity index (χ1) is 8.31. The Kier molecular flexibility index (Phi) is 5.01. The van der Waals surface area contributed by atoms with Crippen LogP contribution in [0.25, 0.3) is 0 Å². The first kappa shape index (κ1) is 13.1. The van der Waals surface area contributed by atoms with Crippen LogP contribution in [0.15, 0.2) is 17.5 Å². The van der Waals surface area contributed by atoms with Gasteiger partial charge in [0.25, 0.3) is 0 Å². The summed E-state index contributed by atoms with van der Waals surface area (Å²) in [5.41, 5.74) is 5.96. The van der Waals surface area contributed by atoms with Gasteiger partial charge < -0.3 is 10.6 Å². The molecule has 1 aliphatic rings. The van der Waals surface area contributed by atoms with E-state index in [9.17, 15) is 0 Å². The van der Waals surface area contributed by atoms with Crippen molar-refractivity contribution in [2.24, 2.45) is 11.7 Å². The number of nitrogens with two attached hydrogens (primary N) is 1. The molecule has 0 aliphatic heterocycles. The molecule has 0 amide bonds. The SMILES string of the molecule is CN(CCc1cccs1)C(CN)C1CCCC1. The van der Waals surface area contributed by atoms with E-state index < -0.39 is 0 Å². The van der Waals surface area contributed by atoms with Crippen molar-refractivity contribution < 1.29 is 0 Å². The number of hydrogen-bond donors (Lipinski definition) is 1. The van der Waals surface area contributed by atoms with Gasteiger partial charge >= 0.3 is 0 Å². The van der Waals surface area contributed by atoms with E-state index in [-0.39, 0.29) is 0 Å². The standard InChI is InChI=1S/C14H24N2S/c1-16(9-8-13-7-4-10-17-13)14(11-15)12-5-2-3-6-12/h4,7,10,12,14H,2-3,5-6,8-9,11,15H2,1H3. The molecule has 3 heteroatoms. The van der Waals surface area contributed by atoms with E-state index in [2.05, 4.69) is 29.5 Å². The van der Waals surface area contributed by atoms with Crippen molar-refractivity contribution in [2.75, 3.05) is 20.1 Å². The Morgan fingerprint density at radius 2 is 2.24 bits per heavy atom. The summed E-state index contributed by atoms with van der Waals surface area (Å²) in [6.07, 6.45) is 6.73. The van der Waals surface area contributed by atoms with E-state index in [1.54, 1.807) is 0 Å². The summed E-state index contributed by atoms with van der Waals surface area (Å²) in [4.78, 5) is 3.97. The summed E-state index contributed by atoms with van der Waals surface area (Å²) in [6, 6.07) is 4.96. The first-order valence-electron chi connectivity index (χ1n) is 6.74. The molecular weight excluding hydrogens is 228 g/mol. The third-order valence-electron chi connectivity index (χ3n) is 4.04. The lowest BCUT2D eigenvalue weighted by Crippen LogP contribution is -2.43. The van der Waals surface area contributed by atoms with Crippen LogP contribution in [0.1, 0.15) is 30.6 Å². The van der Waals surface area contributed by atoms with Gasteiger partial charge in [-0.05, 0) is 43.7 Å². The highest BCUT2D eigenvalue weighted by Crippen LogP contribution is 2.29. The van der Waals surface area contributed by atoms with Gasteiger partial charge in [-0.2, -0.15) is 0 Å². The molecule has 0 radical (unpaired) electrons. The Morgan fingerprint density at radius 3 is 2.82 bits per heavy atom. The van der Waals surface area contributed by atoms with Gasteiger partial charge in [0.2, 0.25) is 0 Å². The van der Waals surface area contributed by atoms with Crippen LogP contribution >= 0.6 is 11.3 Å². The topological polar surface area (TPSA) is 29.3 Å². The lowest BCUT2D eigenvalue weighted by atomic mass is 9.97. The van der Waals surface area contributed by atoms with Gasteiger partial charge in [-0.25, -0.2) is 0 Å². The minimum Gasteiger partial charge on any atom is -0.329 e. The summed E-state index contributed by atoms with van der Waals surface area (Å²) in [6.45, 7) is 1.95. The molecule has 1 fully saturated rings. The molecule has 17 heavy (non-hydrogen) atoms. The normalized spacial score (nSPS) is 19.0. The third kappa shape index (κ3) is 3.54. The molecule has 1 saturated carbocycles. The van der Waals surface area contributed by atoms with Gasteiger partial charge in [0, 0.05) is 24.0 Å². The van der Waals surface area contributed by atoms with Crippen LogP contribution in [0, 0.1) is 5.92 Å². The van der Waals surface area contributed by atoms with Crippen LogP contribution in [-0.2, 0) is 6.42 Å². The van der Waals surface area contributed by atoms with Gasteiger partial charge in [-0.15, -0.1) is 11.3 Å². The Labute approximate surface area is 109 Å². The second-order valence-electron chi connectivity index (χ2n) is 5.16. The molecule has 1 aromatic rings. The highest BCUT2D eigenvalue weighted by atomic mass is 32.1. The molecule has 0 saturated heterocycles. The maximum absolute atomic E-state index is 5.96. The number of rotatable bonds is 6. The van der Waals surface area contributed by atoms with E-state index in [4.69, 9.17) is 5.73 Å². The zero-order valence-electron chi connectivity index (χ0n) is 10.8. The van der Waals surface area contributed by atoms with E-state index in [0.717, 1.165) is 25.4 Å². The summed E-state index contributed by atoms with van der Waals surface area (Å²) in [5.74, 6) is 0.841. The fraction of sp³-hybridized carbons (Fsp3) is 0.714. The smallest absolute Gasteiger partial charge is 0.0243 e. The van der Waals surface area contributed by atoms with Gasteiger partial charge in [0.1, 0.15) is 0 Å². The lowest BCUT2D eigenvalue weighted by Gasteiger charge is -2.31. The van der Waals surface area contributed by atoms with Gasteiger partial charge in [0.15, 0.2) is 0 Å². The Balaban J connectivity index is 1.82. The monoisotopic (exact) mass is 252 g/mol. The quantitative estimate of drug-likeness (QED) is 0.843. The molecule has 0 spiro atoms. The van der Waals surface area contributed by atoms with Crippen LogP contribution in [0.4, 0.5) is 0 Å². The van der Waals surface area contributed by atoms with E-state index in [0.29, 0.717) is 6.04 Å². The number of likely N-dealkylation sites (N-methyl/N-ethyl adjacent to an activating group) is 1. The largest absolute Gasteiger partial charge is 0.329 e. The summed E-state index contributed by atoms with van der Waals surface area (Å²) in [7, 11) is 2.24. The molecule has 2 rings (SSSR count). The van der Waals surface area contributed by atoms with Crippen LogP contribution in [0.5, 0.6) is 0 Å². The average molecular weight is 252 g/mol. The van der Waals surface area contributed by atoms with Crippen molar-refractivity contribution in [3.8, 4) is 0 Å². The Bertz CT molecular complexity index is 304. The van der Waals surface area contributed by atoms with Crippen molar-refractivity contribution in [1.29, 1.82) is 0 Å². The van der Waals surface area contributed by atoms with Crippen LogP contribution in [0.3, 0.4) is 0 Å². The molecule has 0 bridgehead atoms. The second kappa shape index (κ2) is 6.53. The minimum atomic E-state index is 0.595. The molecule has 1 aliphatic carbocycles. The highest BCUT2D eigenvalue weighted by Gasteiger charge is 2.26. The predicted molar refractivity (Wildman–Crippen MR) is 75.5 cm³/mol. The average Bonchev–Trinajstić information content (AvgIpc) is 3.00. The van der Waals surface area contributed by atoms with Crippen LogP contribution in [-0.4, -0.2) is 31.1 Å². The van der Waals surface area contributed by atoms with E-state index in [1.165, 1.54) is 30.6 Å². The lowest BCUT2D eigenvalue weighted by molar-refractivity contribution is 0.183. The second-order valence-corrected chi connectivity index (χ2v) is 6.19. The van der Waals surface area contributed by atoms with Crippen molar-refractivity contribution in [3.63, 3.8) is 0 Å². The Morgan fingerprint density at radius 1 is 1.47 bits per heavy atom. The molecular formula is C14H24N2S. The van der Waals surface area contributed by atoms with Crippen molar-refractivity contribution in [3.05, 3.63) is 22.4 Å². The third-order valence-corrected chi connectivity index (χ3v) is 4.98. The maximum atomic E-state index is 5.96. The minimum absolute atomic E-state index is 0.595. The zero-order chi connectivity index (χ0) is 12.1. The number of nitrogens with zero attached hydrogens (tertiary/aromatic N) is 1. The van der Waals surface area contributed by atoms with Gasteiger partial charge in [-0.1, -0.05) is 18.9 Å². The molecule has 0 aromatic carbocycles. The molecule has 2 N–H and O–H groups in total. The van der Waals surface area contributed by atoms with E-state index >= 15 is 0 Å². The fourth-order valence-electron chi connectivity index (χ4n) is 2.98. The summed E-state index contributed by atoms with van der Waals surface area (Å²) < 4.78 is 0. The van der Waals surface area contributed by atoms with Crippen molar-refractivity contribution >= 4 is 11.3 Å². The number of thiophene rings is 1. The first-order valence-corrected chi connectivity index (χ1v) is 7.62. The van der Waals surface area contributed by atoms with Crippen LogP contribution in [0.2, 0.25) is 0 Å². The van der Waals surface area contributed by atoms with Crippen molar-refractivity contribution in [1.82, 2.24) is 4.90 Å². The molecule has 2 nitrogen and oxygen atoms in total. The summed E-state index contributed by atoms with van der Waals surface area (Å²) >= 11 is 1.86. The zero-order valence-corrected chi connectivity index (χ0v) is 11.6. The molecule has 1 heterocycles. The highest BCUT2D eigenvalue weighted by molar-refractivity contribution is 7.09. The van der Waals surface area contributed by atoms with E-state index in [1.807, 2.05) is 11.3 Å². The maximum Gasteiger partial charge on any atom is 0.0243 e.